The number of pyridine rings is 1. The van der Waals surface area contributed by atoms with E-state index in [1.807, 2.05) is 30.3 Å². The highest BCUT2D eigenvalue weighted by molar-refractivity contribution is 7.17. The molecular formula is C21H15N3O2S. The molecule has 0 aliphatic heterocycles. The Bertz CT molecular complexity index is 1070. The van der Waals surface area contributed by atoms with E-state index >= 15 is 0 Å². The van der Waals surface area contributed by atoms with Gasteiger partial charge in [0.25, 0.3) is 5.91 Å². The molecule has 1 atom stereocenters. The lowest BCUT2D eigenvalue weighted by atomic mass is 9.91. The maximum atomic E-state index is 12.8. The number of Topliss-reactive ketones (excluding diaryl/α,β-unsaturated/α-hetero) is 1. The third kappa shape index (κ3) is 3.25. The minimum absolute atomic E-state index is 0.315. The summed E-state index contributed by atoms with van der Waals surface area (Å²) in [5.41, 5.74) is 3.49. The Morgan fingerprint density at radius 1 is 1.11 bits per heavy atom. The number of amides is 1. The summed E-state index contributed by atoms with van der Waals surface area (Å²) in [5, 5.41) is 12.0. The number of thiophene rings is 1. The quantitative estimate of drug-likeness (QED) is 0.556. The average molecular weight is 373 g/mol. The van der Waals surface area contributed by atoms with Gasteiger partial charge in [-0.15, -0.1) is 11.3 Å². The highest BCUT2D eigenvalue weighted by Gasteiger charge is 2.31. The van der Waals surface area contributed by atoms with Crippen LogP contribution in [0.3, 0.4) is 0 Å². The molecule has 27 heavy (non-hydrogen) atoms. The first-order chi connectivity index (χ1) is 13.2. The molecule has 0 spiro atoms. The minimum atomic E-state index is -1.40. The van der Waals surface area contributed by atoms with Crippen LogP contribution in [0.4, 0.5) is 5.82 Å². The van der Waals surface area contributed by atoms with Gasteiger partial charge >= 0.3 is 0 Å². The summed E-state index contributed by atoms with van der Waals surface area (Å²) in [6, 6.07) is 16.8. The van der Waals surface area contributed by atoms with Gasteiger partial charge in [-0.3, -0.25) is 9.59 Å². The van der Waals surface area contributed by atoms with Gasteiger partial charge in [-0.05, 0) is 47.7 Å². The number of aromatic nitrogens is 1. The van der Waals surface area contributed by atoms with Crippen molar-refractivity contribution in [1.82, 2.24) is 4.98 Å². The van der Waals surface area contributed by atoms with Gasteiger partial charge < -0.3 is 5.32 Å². The Labute approximate surface area is 160 Å². The fourth-order valence-electron chi connectivity index (χ4n) is 3.21. The standard InChI is InChI=1S/C21H15N3O2S/c22-12-16(21(26)24-18-7-3-4-10-23-18)19(25)17-11-14-9-8-13-5-1-2-6-15(13)20(14)27-17/h1-7,10-11,16H,8-9H2,(H,23,24,26)/t16-/m0/s1. The highest BCUT2D eigenvalue weighted by atomic mass is 32.1. The van der Waals surface area contributed by atoms with Crippen molar-refractivity contribution in [2.45, 2.75) is 12.8 Å². The van der Waals surface area contributed by atoms with Crippen molar-refractivity contribution in [1.29, 1.82) is 5.26 Å². The summed E-state index contributed by atoms with van der Waals surface area (Å²) >= 11 is 1.36. The topological polar surface area (TPSA) is 82.8 Å². The predicted molar refractivity (Wildman–Crippen MR) is 103 cm³/mol. The van der Waals surface area contributed by atoms with Crippen LogP contribution in [0.2, 0.25) is 0 Å². The van der Waals surface area contributed by atoms with E-state index in [1.165, 1.54) is 23.1 Å². The minimum Gasteiger partial charge on any atom is -0.309 e. The van der Waals surface area contributed by atoms with E-state index in [-0.39, 0.29) is 0 Å². The van der Waals surface area contributed by atoms with E-state index in [9.17, 15) is 14.9 Å². The number of fused-ring (bicyclic) bond motifs is 3. The van der Waals surface area contributed by atoms with Crippen molar-refractivity contribution in [2.24, 2.45) is 5.92 Å². The van der Waals surface area contributed by atoms with Crippen molar-refractivity contribution in [2.75, 3.05) is 5.32 Å². The molecule has 2 heterocycles. The second-order valence-electron chi connectivity index (χ2n) is 6.25. The van der Waals surface area contributed by atoms with Gasteiger partial charge in [-0.1, -0.05) is 30.3 Å². The SMILES string of the molecule is N#C[C@H](C(=O)Nc1ccccn1)C(=O)c1cc2c(s1)-c1ccccc1CC2. The van der Waals surface area contributed by atoms with E-state index in [0.717, 1.165) is 28.8 Å². The zero-order valence-electron chi connectivity index (χ0n) is 14.3. The number of carbonyl (C=O) groups is 2. The van der Waals surface area contributed by atoms with Crippen molar-refractivity contribution in [3.05, 3.63) is 70.7 Å². The van der Waals surface area contributed by atoms with Crippen LogP contribution in [0.5, 0.6) is 0 Å². The van der Waals surface area contributed by atoms with E-state index in [4.69, 9.17) is 0 Å². The maximum Gasteiger partial charge on any atom is 0.250 e. The van der Waals surface area contributed by atoms with Crippen LogP contribution in [0.1, 0.15) is 20.8 Å². The second kappa shape index (κ2) is 7.14. The van der Waals surface area contributed by atoms with Crippen molar-refractivity contribution in [3.63, 3.8) is 0 Å². The molecule has 1 N–H and O–H groups in total. The number of ketones is 1. The molecule has 4 rings (SSSR count). The van der Waals surface area contributed by atoms with Crippen molar-refractivity contribution in [3.8, 4) is 16.5 Å². The number of carbonyl (C=O) groups excluding carboxylic acids is 2. The number of benzene rings is 1. The first-order valence-corrected chi connectivity index (χ1v) is 9.35. The van der Waals surface area contributed by atoms with Gasteiger partial charge in [-0.25, -0.2) is 4.98 Å². The summed E-state index contributed by atoms with van der Waals surface area (Å²) in [4.78, 5) is 30.8. The molecule has 0 bridgehead atoms. The summed E-state index contributed by atoms with van der Waals surface area (Å²) < 4.78 is 0. The lowest BCUT2D eigenvalue weighted by molar-refractivity contribution is -0.117. The summed E-state index contributed by atoms with van der Waals surface area (Å²) in [5.74, 6) is -2.21. The van der Waals surface area contributed by atoms with Crippen LogP contribution in [0, 0.1) is 17.2 Å². The molecule has 5 nitrogen and oxygen atoms in total. The normalized spacial score (nSPS) is 13.0. The lowest BCUT2D eigenvalue weighted by Crippen LogP contribution is -2.28. The smallest absolute Gasteiger partial charge is 0.250 e. The molecule has 132 valence electrons. The van der Waals surface area contributed by atoms with Gasteiger partial charge in [0.1, 0.15) is 5.82 Å². The number of nitrogens with zero attached hydrogens (tertiary/aromatic N) is 2. The summed E-state index contributed by atoms with van der Waals surface area (Å²) in [7, 11) is 0. The number of nitriles is 1. The molecule has 0 saturated carbocycles. The molecule has 0 unspecified atom stereocenters. The molecule has 1 aliphatic rings. The summed E-state index contributed by atoms with van der Waals surface area (Å²) in [6.07, 6.45) is 3.31. The third-order valence-electron chi connectivity index (χ3n) is 4.55. The van der Waals surface area contributed by atoms with Crippen LogP contribution in [-0.2, 0) is 17.6 Å². The fourth-order valence-corrected chi connectivity index (χ4v) is 4.45. The molecule has 0 saturated heterocycles. The van der Waals surface area contributed by atoms with Gasteiger partial charge in [-0.2, -0.15) is 5.26 Å². The number of rotatable bonds is 4. The molecule has 0 radical (unpaired) electrons. The van der Waals surface area contributed by atoms with E-state index in [1.54, 1.807) is 18.2 Å². The van der Waals surface area contributed by atoms with E-state index in [2.05, 4.69) is 16.4 Å². The molecule has 1 aromatic carbocycles. The molecule has 2 aromatic heterocycles. The van der Waals surface area contributed by atoms with Crippen LogP contribution in [0.25, 0.3) is 10.4 Å². The van der Waals surface area contributed by atoms with Crippen LogP contribution in [0.15, 0.2) is 54.7 Å². The third-order valence-corrected chi connectivity index (χ3v) is 5.77. The Balaban J connectivity index is 1.60. The van der Waals surface area contributed by atoms with Gasteiger partial charge in [0, 0.05) is 11.1 Å². The van der Waals surface area contributed by atoms with Gasteiger partial charge in [0.05, 0.1) is 10.9 Å². The Morgan fingerprint density at radius 2 is 1.89 bits per heavy atom. The molecule has 1 aliphatic carbocycles. The molecular weight excluding hydrogens is 358 g/mol. The van der Waals surface area contributed by atoms with Crippen LogP contribution < -0.4 is 5.32 Å². The monoisotopic (exact) mass is 373 g/mol. The van der Waals surface area contributed by atoms with Crippen molar-refractivity contribution < 1.29 is 9.59 Å². The molecule has 3 aromatic rings. The largest absolute Gasteiger partial charge is 0.309 e. The number of anilines is 1. The number of hydrogen-bond donors (Lipinski definition) is 1. The fraction of sp³-hybridized carbons (Fsp3) is 0.143. The van der Waals surface area contributed by atoms with E-state index in [0.29, 0.717) is 10.7 Å². The predicted octanol–water partition coefficient (Wildman–Crippen LogP) is 3.87. The number of nitrogens with one attached hydrogen (secondary N) is 1. The van der Waals surface area contributed by atoms with Crippen LogP contribution in [-0.4, -0.2) is 16.7 Å². The van der Waals surface area contributed by atoms with Gasteiger partial charge in [0.15, 0.2) is 11.7 Å². The highest BCUT2D eigenvalue weighted by Crippen LogP contribution is 2.40. The molecule has 1 amide bonds. The van der Waals surface area contributed by atoms with Crippen LogP contribution >= 0.6 is 11.3 Å². The molecule has 0 fully saturated rings. The van der Waals surface area contributed by atoms with Gasteiger partial charge in [0.2, 0.25) is 0 Å². The van der Waals surface area contributed by atoms with Crippen molar-refractivity contribution >= 4 is 28.8 Å². The Hall–Kier alpha value is -3.30. The zero-order valence-corrected chi connectivity index (χ0v) is 15.1. The van der Waals surface area contributed by atoms with E-state index < -0.39 is 17.6 Å². The number of aryl methyl sites for hydroxylation is 2. The second-order valence-corrected chi connectivity index (χ2v) is 7.30. The Kier molecular flexibility index (Phi) is 4.53. The lowest BCUT2D eigenvalue weighted by Gasteiger charge is -2.15. The Morgan fingerprint density at radius 3 is 2.67 bits per heavy atom. The first-order valence-electron chi connectivity index (χ1n) is 8.54. The zero-order chi connectivity index (χ0) is 18.8. The first kappa shape index (κ1) is 17.1. The average Bonchev–Trinajstić information content (AvgIpc) is 3.14. The maximum absolute atomic E-state index is 12.8. The number of hydrogen-bond acceptors (Lipinski definition) is 5. The molecule has 6 heteroatoms. The summed E-state index contributed by atoms with van der Waals surface area (Å²) in [6.45, 7) is 0.